The number of carbonyl (C=O) groups excluding carboxylic acids is 1. The maximum atomic E-state index is 13.4. The fraction of sp³-hybridized carbons (Fsp3) is 0.348. The molecule has 2 nitrogen and oxygen atoms in total. The van der Waals surface area contributed by atoms with Crippen LogP contribution in [-0.4, -0.2) is 11.9 Å². The van der Waals surface area contributed by atoms with E-state index in [4.69, 9.17) is 0 Å². The topological polar surface area (TPSA) is 20.3 Å². The van der Waals surface area contributed by atoms with Crippen molar-refractivity contribution < 1.29 is 4.79 Å². The van der Waals surface area contributed by atoms with E-state index in [1.165, 1.54) is 16.7 Å². The van der Waals surface area contributed by atoms with Crippen LogP contribution < -0.4 is 4.90 Å². The van der Waals surface area contributed by atoms with Crippen LogP contribution in [0.5, 0.6) is 0 Å². The summed E-state index contributed by atoms with van der Waals surface area (Å²) in [5.74, 6) is 0.376. The molecule has 0 unspecified atom stereocenters. The van der Waals surface area contributed by atoms with Crippen LogP contribution in [-0.2, 0) is 11.2 Å². The van der Waals surface area contributed by atoms with E-state index in [0.717, 1.165) is 44.2 Å². The van der Waals surface area contributed by atoms with Crippen molar-refractivity contribution in [3.05, 3.63) is 71.3 Å². The minimum atomic E-state index is -0.156. The molecule has 2 heteroatoms. The Balaban J connectivity index is 1.45. The third-order valence-electron chi connectivity index (χ3n) is 6.26. The number of benzene rings is 2. The summed E-state index contributed by atoms with van der Waals surface area (Å²) in [4.78, 5) is 15.5. The molecule has 1 spiro atoms. The number of nitrogens with zero attached hydrogens (tertiary/aromatic N) is 1. The van der Waals surface area contributed by atoms with Crippen LogP contribution in [0.2, 0.25) is 0 Å². The Morgan fingerprint density at radius 1 is 1.04 bits per heavy atom. The molecule has 1 amide bonds. The molecule has 5 rings (SSSR count). The molecule has 3 aliphatic rings. The molecule has 0 bridgehead atoms. The lowest BCUT2D eigenvalue weighted by Crippen LogP contribution is -2.37. The van der Waals surface area contributed by atoms with Gasteiger partial charge in [-0.2, -0.15) is 0 Å². The Hall–Kier alpha value is -2.35. The summed E-state index contributed by atoms with van der Waals surface area (Å²) in [5, 5.41) is 0. The SMILES string of the molecule is O=C1N2c3ccccc3C[C@H]2C[C@@]12CCC/C(=C\c1ccccc1)C2. The number of rotatable bonds is 1. The van der Waals surface area contributed by atoms with Gasteiger partial charge in [0.25, 0.3) is 0 Å². The summed E-state index contributed by atoms with van der Waals surface area (Å²) >= 11 is 0. The minimum absolute atomic E-state index is 0.156. The van der Waals surface area contributed by atoms with Crippen LogP contribution in [0, 0.1) is 5.41 Å². The number of amides is 1. The summed E-state index contributed by atoms with van der Waals surface area (Å²) in [6.45, 7) is 0. The van der Waals surface area contributed by atoms with Crippen LogP contribution in [0.3, 0.4) is 0 Å². The quantitative estimate of drug-likeness (QED) is 0.721. The van der Waals surface area contributed by atoms with Gasteiger partial charge in [-0.05, 0) is 55.7 Å². The highest BCUT2D eigenvalue weighted by molar-refractivity contribution is 6.03. The average Bonchev–Trinajstić information content (AvgIpc) is 3.10. The lowest BCUT2D eigenvalue weighted by Gasteiger charge is -2.33. The summed E-state index contributed by atoms with van der Waals surface area (Å²) in [6, 6.07) is 19.3. The molecular formula is C23H23NO. The average molecular weight is 329 g/mol. The van der Waals surface area contributed by atoms with Gasteiger partial charge in [-0.25, -0.2) is 0 Å². The molecular weight excluding hydrogens is 306 g/mol. The van der Waals surface area contributed by atoms with E-state index in [1.807, 2.05) is 0 Å². The Morgan fingerprint density at radius 2 is 1.84 bits per heavy atom. The van der Waals surface area contributed by atoms with Gasteiger partial charge in [-0.15, -0.1) is 0 Å². The van der Waals surface area contributed by atoms with Gasteiger partial charge in [0.2, 0.25) is 5.91 Å². The van der Waals surface area contributed by atoms with Crippen molar-refractivity contribution in [3.8, 4) is 0 Å². The van der Waals surface area contributed by atoms with E-state index in [2.05, 4.69) is 65.6 Å². The van der Waals surface area contributed by atoms with Crippen molar-refractivity contribution in [2.75, 3.05) is 4.90 Å². The summed E-state index contributed by atoms with van der Waals surface area (Å²) in [7, 11) is 0. The fourth-order valence-corrected chi connectivity index (χ4v) is 5.22. The Bertz CT molecular complexity index is 853. The second kappa shape index (κ2) is 5.59. The zero-order valence-electron chi connectivity index (χ0n) is 14.4. The van der Waals surface area contributed by atoms with E-state index in [-0.39, 0.29) is 5.41 Å². The van der Waals surface area contributed by atoms with E-state index in [1.54, 1.807) is 0 Å². The maximum absolute atomic E-state index is 13.4. The highest BCUT2D eigenvalue weighted by Crippen LogP contribution is 2.53. The van der Waals surface area contributed by atoms with Gasteiger partial charge in [0, 0.05) is 11.7 Å². The molecule has 25 heavy (non-hydrogen) atoms. The van der Waals surface area contributed by atoms with E-state index >= 15 is 0 Å². The third kappa shape index (κ3) is 2.35. The number of allylic oxidation sites excluding steroid dienone is 1. The van der Waals surface area contributed by atoms with Gasteiger partial charge in [0.05, 0.1) is 5.41 Å². The maximum Gasteiger partial charge on any atom is 0.233 e. The van der Waals surface area contributed by atoms with Crippen molar-refractivity contribution in [2.45, 2.75) is 44.6 Å². The van der Waals surface area contributed by atoms with Crippen LogP contribution in [0.1, 0.15) is 43.2 Å². The van der Waals surface area contributed by atoms with Gasteiger partial charge < -0.3 is 4.90 Å². The van der Waals surface area contributed by atoms with Crippen molar-refractivity contribution in [2.24, 2.45) is 5.41 Å². The largest absolute Gasteiger partial charge is 0.308 e. The molecule has 2 fully saturated rings. The number of hydrogen-bond acceptors (Lipinski definition) is 1. The fourth-order valence-electron chi connectivity index (χ4n) is 5.22. The van der Waals surface area contributed by atoms with Gasteiger partial charge in [0.1, 0.15) is 0 Å². The molecule has 1 saturated heterocycles. The Labute approximate surface area is 149 Å². The highest BCUT2D eigenvalue weighted by atomic mass is 16.2. The lowest BCUT2D eigenvalue weighted by atomic mass is 9.69. The second-order valence-electron chi connectivity index (χ2n) is 7.89. The van der Waals surface area contributed by atoms with E-state index in [0.29, 0.717) is 11.9 Å². The normalized spacial score (nSPS) is 29.3. The molecule has 0 aromatic heterocycles. The third-order valence-corrected chi connectivity index (χ3v) is 6.26. The van der Waals surface area contributed by atoms with Crippen molar-refractivity contribution in [3.63, 3.8) is 0 Å². The molecule has 2 aromatic rings. The van der Waals surface area contributed by atoms with Crippen LogP contribution in [0.15, 0.2) is 60.2 Å². The number of fused-ring (bicyclic) bond motifs is 3. The van der Waals surface area contributed by atoms with Crippen molar-refractivity contribution >= 4 is 17.7 Å². The number of anilines is 1. The highest BCUT2D eigenvalue weighted by Gasteiger charge is 2.54. The van der Waals surface area contributed by atoms with Crippen molar-refractivity contribution in [1.29, 1.82) is 0 Å². The smallest absolute Gasteiger partial charge is 0.233 e. The Morgan fingerprint density at radius 3 is 2.72 bits per heavy atom. The number of hydrogen-bond donors (Lipinski definition) is 0. The summed E-state index contributed by atoms with van der Waals surface area (Å²) < 4.78 is 0. The monoisotopic (exact) mass is 329 g/mol. The number of para-hydroxylation sites is 1. The van der Waals surface area contributed by atoms with Crippen LogP contribution in [0.4, 0.5) is 5.69 Å². The van der Waals surface area contributed by atoms with Crippen molar-refractivity contribution in [1.82, 2.24) is 0 Å². The summed E-state index contributed by atoms with van der Waals surface area (Å²) in [5.41, 5.74) is 5.04. The first kappa shape index (κ1) is 14.9. The van der Waals surface area contributed by atoms with Gasteiger partial charge in [0.15, 0.2) is 0 Å². The Kier molecular flexibility index (Phi) is 3.34. The molecule has 2 atom stereocenters. The lowest BCUT2D eigenvalue weighted by molar-refractivity contribution is -0.126. The molecule has 2 aliphatic heterocycles. The molecule has 1 aliphatic carbocycles. The first-order chi connectivity index (χ1) is 12.3. The zero-order valence-corrected chi connectivity index (χ0v) is 14.4. The van der Waals surface area contributed by atoms with Gasteiger partial charge >= 0.3 is 0 Å². The first-order valence-electron chi connectivity index (χ1n) is 9.41. The predicted molar refractivity (Wildman–Crippen MR) is 101 cm³/mol. The first-order valence-corrected chi connectivity index (χ1v) is 9.41. The van der Waals surface area contributed by atoms with E-state index < -0.39 is 0 Å². The van der Waals surface area contributed by atoms with Crippen LogP contribution >= 0.6 is 0 Å². The predicted octanol–water partition coefficient (Wildman–Crippen LogP) is 4.99. The van der Waals surface area contributed by atoms with Gasteiger partial charge in [-0.3, -0.25) is 4.79 Å². The molecule has 2 heterocycles. The van der Waals surface area contributed by atoms with E-state index in [9.17, 15) is 4.79 Å². The molecule has 0 radical (unpaired) electrons. The second-order valence-corrected chi connectivity index (χ2v) is 7.89. The molecule has 2 aromatic carbocycles. The van der Waals surface area contributed by atoms with Gasteiger partial charge in [-0.1, -0.05) is 60.2 Å². The minimum Gasteiger partial charge on any atom is -0.308 e. The van der Waals surface area contributed by atoms with Crippen LogP contribution in [0.25, 0.3) is 6.08 Å². The summed E-state index contributed by atoms with van der Waals surface area (Å²) in [6.07, 6.45) is 8.61. The molecule has 126 valence electrons. The zero-order chi connectivity index (χ0) is 16.9. The standard InChI is InChI=1S/C23H23NO/c25-22-23(16-20-14-19-10-4-5-11-21(19)24(20)22)12-6-9-18(15-23)13-17-7-2-1-3-8-17/h1-5,7-8,10-11,13,20H,6,9,12,14-16H2/b18-13+/t20-,23-/m0/s1. The number of carbonyl (C=O) groups is 1. The molecule has 1 saturated carbocycles. The molecule has 0 N–H and O–H groups in total.